The molecule has 0 aromatic carbocycles. The third-order valence-electron chi connectivity index (χ3n) is 2.42. The SMILES string of the molecule is CCOCCN(C)CC(=O)Nc1cc(C)ccn1. The van der Waals surface area contributed by atoms with Gasteiger partial charge in [0.25, 0.3) is 0 Å². The van der Waals surface area contributed by atoms with E-state index in [0.717, 1.165) is 12.1 Å². The molecule has 0 unspecified atom stereocenters. The summed E-state index contributed by atoms with van der Waals surface area (Å²) in [5, 5.41) is 2.77. The maximum atomic E-state index is 11.7. The fourth-order valence-electron chi connectivity index (χ4n) is 1.48. The Morgan fingerprint density at radius 1 is 1.56 bits per heavy atom. The lowest BCUT2D eigenvalue weighted by molar-refractivity contribution is -0.117. The van der Waals surface area contributed by atoms with E-state index in [0.29, 0.717) is 25.6 Å². The third-order valence-corrected chi connectivity index (χ3v) is 2.42. The predicted molar refractivity (Wildman–Crippen MR) is 71.6 cm³/mol. The lowest BCUT2D eigenvalue weighted by atomic mass is 10.3. The molecular weight excluding hydrogens is 230 g/mol. The van der Waals surface area contributed by atoms with Crippen LogP contribution in [0, 0.1) is 6.92 Å². The van der Waals surface area contributed by atoms with E-state index >= 15 is 0 Å². The lowest BCUT2D eigenvalue weighted by Gasteiger charge is -2.15. The number of amides is 1. The standard InChI is InChI=1S/C13H21N3O2/c1-4-18-8-7-16(3)10-13(17)15-12-9-11(2)5-6-14-12/h5-6,9H,4,7-8,10H2,1-3H3,(H,14,15,17). The first-order valence-electron chi connectivity index (χ1n) is 6.10. The minimum Gasteiger partial charge on any atom is -0.380 e. The molecular formula is C13H21N3O2. The highest BCUT2D eigenvalue weighted by Crippen LogP contribution is 2.04. The summed E-state index contributed by atoms with van der Waals surface area (Å²) >= 11 is 0. The Kier molecular flexibility index (Phi) is 6.32. The van der Waals surface area contributed by atoms with Gasteiger partial charge in [-0.3, -0.25) is 9.69 Å². The van der Waals surface area contributed by atoms with E-state index in [2.05, 4.69) is 10.3 Å². The van der Waals surface area contributed by atoms with Crippen molar-refractivity contribution in [3.05, 3.63) is 23.9 Å². The van der Waals surface area contributed by atoms with Gasteiger partial charge in [0.2, 0.25) is 5.91 Å². The van der Waals surface area contributed by atoms with Crippen molar-refractivity contribution in [1.29, 1.82) is 0 Å². The van der Waals surface area contributed by atoms with Crippen molar-refractivity contribution in [3.8, 4) is 0 Å². The number of hydrogen-bond donors (Lipinski definition) is 1. The Bertz CT molecular complexity index is 382. The maximum absolute atomic E-state index is 11.7. The summed E-state index contributed by atoms with van der Waals surface area (Å²) in [6.07, 6.45) is 1.68. The molecule has 0 saturated carbocycles. The zero-order valence-corrected chi connectivity index (χ0v) is 11.3. The van der Waals surface area contributed by atoms with Gasteiger partial charge in [0.05, 0.1) is 13.2 Å². The van der Waals surface area contributed by atoms with Crippen LogP contribution in [-0.2, 0) is 9.53 Å². The Hall–Kier alpha value is -1.46. The van der Waals surface area contributed by atoms with Crippen LogP contribution in [0.25, 0.3) is 0 Å². The van der Waals surface area contributed by atoms with Gasteiger partial charge in [-0.1, -0.05) is 0 Å². The zero-order valence-electron chi connectivity index (χ0n) is 11.3. The first-order chi connectivity index (χ1) is 8.61. The van der Waals surface area contributed by atoms with Gasteiger partial charge in [0.1, 0.15) is 5.82 Å². The second-order valence-electron chi connectivity index (χ2n) is 4.20. The molecule has 1 N–H and O–H groups in total. The van der Waals surface area contributed by atoms with E-state index in [1.807, 2.05) is 37.9 Å². The molecule has 0 fully saturated rings. The van der Waals surface area contributed by atoms with Crippen LogP contribution in [0.4, 0.5) is 5.82 Å². The van der Waals surface area contributed by atoms with Gasteiger partial charge in [-0.15, -0.1) is 0 Å². The minimum atomic E-state index is -0.0629. The molecule has 0 bridgehead atoms. The molecule has 0 atom stereocenters. The highest BCUT2D eigenvalue weighted by molar-refractivity contribution is 5.91. The molecule has 100 valence electrons. The van der Waals surface area contributed by atoms with E-state index in [1.165, 1.54) is 0 Å². The Labute approximate surface area is 108 Å². The molecule has 18 heavy (non-hydrogen) atoms. The van der Waals surface area contributed by atoms with Gasteiger partial charge in [0, 0.05) is 19.3 Å². The van der Waals surface area contributed by atoms with Crippen molar-refractivity contribution >= 4 is 11.7 Å². The number of likely N-dealkylation sites (N-methyl/N-ethyl adjacent to an activating group) is 1. The highest BCUT2D eigenvalue weighted by Gasteiger charge is 2.07. The van der Waals surface area contributed by atoms with Crippen LogP contribution in [0.5, 0.6) is 0 Å². The molecule has 0 aliphatic rings. The summed E-state index contributed by atoms with van der Waals surface area (Å²) in [7, 11) is 1.89. The summed E-state index contributed by atoms with van der Waals surface area (Å²) in [6, 6.07) is 3.74. The topological polar surface area (TPSA) is 54.5 Å². The number of carbonyl (C=O) groups is 1. The number of nitrogens with one attached hydrogen (secondary N) is 1. The molecule has 5 heteroatoms. The molecule has 0 spiro atoms. The number of carbonyl (C=O) groups excluding carboxylic acids is 1. The van der Waals surface area contributed by atoms with Crippen molar-refractivity contribution in [2.45, 2.75) is 13.8 Å². The summed E-state index contributed by atoms with van der Waals surface area (Å²) in [4.78, 5) is 17.7. The van der Waals surface area contributed by atoms with Gasteiger partial charge in [-0.05, 0) is 38.6 Å². The first-order valence-corrected chi connectivity index (χ1v) is 6.10. The third kappa shape index (κ3) is 5.75. The number of rotatable bonds is 7. The summed E-state index contributed by atoms with van der Waals surface area (Å²) in [5.74, 6) is 0.533. The lowest BCUT2D eigenvalue weighted by Crippen LogP contribution is -2.32. The molecule has 1 amide bonds. The molecule has 1 rings (SSSR count). The number of aryl methyl sites for hydroxylation is 1. The van der Waals surface area contributed by atoms with E-state index < -0.39 is 0 Å². The van der Waals surface area contributed by atoms with E-state index in [4.69, 9.17) is 4.74 Å². The van der Waals surface area contributed by atoms with Crippen molar-refractivity contribution < 1.29 is 9.53 Å². The molecule has 1 aromatic rings. The van der Waals surface area contributed by atoms with Gasteiger partial charge in [-0.2, -0.15) is 0 Å². The fourth-order valence-corrected chi connectivity index (χ4v) is 1.48. The number of hydrogen-bond acceptors (Lipinski definition) is 4. The maximum Gasteiger partial charge on any atom is 0.239 e. The number of pyridine rings is 1. The monoisotopic (exact) mass is 251 g/mol. The minimum absolute atomic E-state index is 0.0629. The summed E-state index contributed by atoms with van der Waals surface area (Å²) < 4.78 is 5.23. The molecule has 0 radical (unpaired) electrons. The Morgan fingerprint density at radius 2 is 2.33 bits per heavy atom. The van der Waals surface area contributed by atoms with Crippen LogP contribution in [0.1, 0.15) is 12.5 Å². The molecule has 5 nitrogen and oxygen atoms in total. The van der Waals surface area contributed by atoms with E-state index in [1.54, 1.807) is 6.20 Å². The summed E-state index contributed by atoms with van der Waals surface area (Å²) in [5.41, 5.74) is 1.07. The fraction of sp³-hybridized carbons (Fsp3) is 0.538. The number of nitrogens with zero attached hydrogens (tertiary/aromatic N) is 2. The van der Waals surface area contributed by atoms with Crippen molar-refractivity contribution in [2.24, 2.45) is 0 Å². The molecule has 0 aliphatic carbocycles. The van der Waals surface area contributed by atoms with Crippen molar-refractivity contribution in [2.75, 3.05) is 38.7 Å². The van der Waals surface area contributed by atoms with Gasteiger partial charge in [-0.25, -0.2) is 4.98 Å². The van der Waals surface area contributed by atoms with Crippen LogP contribution in [0.15, 0.2) is 18.3 Å². The molecule has 0 saturated heterocycles. The molecule has 0 aliphatic heterocycles. The van der Waals surface area contributed by atoms with Crippen molar-refractivity contribution in [1.82, 2.24) is 9.88 Å². The highest BCUT2D eigenvalue weighted by atomic mass is 16.5. The molecule has 1 heterocycles. The Balaban J connectivity index is 2.32. The van der Waals surface area contributed by atoms with Crippen LogP contribution < -0.4 is 5.32 Å². The second kappa shape index (κ2) is 7.79. The van der Waals surface area contributed by atoms with Gasteiger partial charge < -0.3 is 10.1 Å². The summed E-state index contributed by atoms with van der Waals surface area (Å²) in [6.45, 7) is 6.34. The number of anilines is 1. The predicted octanol–water partition coefficient (Wildman–Crippen LogP) is 1.30. The van der Waals surface area contributed by atoms with E-state index in [9.17, 15) is 4.79 Å². The van der Waals surface area contributed by atoms with Crippen LogP contribution in [0.2, 0.25) is 0 Å². The largest absolute Gasteiger partial charge is 0.380 e. The Morgan fingerprint density at radius 3 is 3.00 bits per heavy atom. The van der Waals surface area contributed by atoms with E-state index in [-0.39, 0.29) is 5.91 Å². The quantitative estimate of drug-likeness (QED) is 0.742. The smallest absolute Gasteiger partial charge is 0.239 e. The second-order valence-corrected chi connectivity index (χ2v) is 4.20. The van der Waals surface area contributed by atoms with Crippen LogP contribution in [-0.4, -0.2) is 49.1 Å². The zero-order chi connectivity index (χ0) is 13.4. The average Bonchev–Trinajstić information content (AvgIpc) is 2.29. The van der Waals surface area contributed by atoms with Crippen molar-refractivity contribution in [3.63, 3.8) is 0 Å². The normalized spacial score (nSPS) is 10.7. The van der Waals surface area contributed by atoms with Crippen LogP contribution >= 0.6 is 0 Å². The first kappa shape index (κ1) is 14.6. The van der Waals surface area contributed by atoms with Gasteiger partial charge in [0.15, 0.2) is 0 Å². The van der Waals surface area contributed by atoms with Gasteiger partial charge >= 0.3 is 0 Å². The number of aromatic nitrogens is 1. The van der Waals surface area contributed by atoms with Crippen LogP contribution in [0.3, 0.4) is 0 Å². The molecule has 1 aromatic heterocycles. The average molecular weight is 251 g/mol. The number of ether oxygens (including phenoxy) is 1.